The van der Waals surface area contributed by atoms with Crippen LogP contribution in [0.1, 0.15) is 38.3 Å². The van der Waals surface area contributed by atoms with Crippen molar-refractivity contribution in [1.29, 1.82) is 0 Å². The number of aliphatic hydroxyl groups is 1. The van der Waals surface area contributed by atoms with Gasteiger partial charge in [0.15, 0.2) is 0 Å². The summed E-state index contributed by atoms with van der Waals surface area (Å²) in [5, 5.41) is 12.3. The second-order valence-electron chi connectivity index (χ2n) is 4.07. The third-order valence-electron chi connectivity index (χ3n) is 2.63. The van der Waals surface area contributed by atoms with Gasteiger partial charge in [-0.25, -0.2) is 0 Å². The number of aliphatic hydroxyl groups excluding tert-OH is 1. The molecule has 0 fully saturated rings. The van der Waals surface area contributed by atoms with E-state index in [9.17, 15) is 0 Å². The highest BCUT2D eigenvalue weighted by Gasteiger charge is 2.08. The van der Waals surface area contributed by atoms with Gasteiger partial charge in [-0.2, -0.15) is 0 Å². The Kier molecular flexibility index (Phi) is 5.37. The number of hydrogen-bond donors (Lipinski definition) is 2. The first-order chi connectivity index (χ1) is 7.24. The summed E-state index contributed by atoms with van der Waals surface area (Å²) in [7, 11) is 0. The second kappa shape index (κ2) is 6.59. The lowest BCUT2D eigenvalue weighted by molar-refractivity contribution is 0.274. The quantitative estimate of drug-likeness (QED) is 0.751. The van der Waals surface area contributed by atoms with E-state index < -0.39 is 0 Å². The minimum Gasteiger partial charge on any atom is -0.396 e. The van der Waals surface area contributed by atoms with Gasteiger partial charge in [-0.05, 0) is 32.3 Å². The van der Waals surface area contributed by atoms with Gasteiger partial charge in [-0.3, -0.25) is 0 Å². The summed E-state index contributed by atoms with van der Waals surface area (Å²) < 4.78 is 0. The molecular weight excluding hydrogens is 186 g/mol. The third kappa shape index (κ3) is 4.45. The van der Waals surface area contributed by atoms with Crippen LogP contribution in [0.4, 0.5) is 0 Å². The molecule has 0 aromatic heterocycles. The van der Waals surface area contributed by atoms with Crippen LogP contribution in [0, 0.1) is 0 Å². The van der Waals surface area contributed by atoms with Crippen molar-refractivity contribution in [1.82, 2.24) is 5.32 Å². The van der Waals surface area contributed by atoms with Crippen LogP contribution in [0.2, 0.25) is 0 Å². The lowest BCUT2D eigenvalue weighted by Gasteiger charge is -2.20. The highest BCUT2D eigenvalue weighted by atomic mass is 16.2. The molecule has 1 aromatic carbocycles. The monoisotopic (exact) mass is 207 g/mol. The molecule has 0 spiro atoms. The Labute approximate surface area is 92.3 Å². The summed E-state index contributed by atoms with van der Waals surface area (Å²) in [6.07, 6.45) is 1.89. The Morgan fingerprint density at radius 3 is 2.47 bits per heavy atom. The zero-order valence-electron chi connectivity index (χ0n) is 9.61. The summed E-state index contributed by atoms with van der Waals surface area (Å²) in [5.41, 5.74) is 1.31. The van der Waals surface area contributed by atoms with E-state index in [1.807, 2.05) is 6.07 Å². The van der Waals surface area contributed by atoms with E-state index in [-0.39, 0.29) is 6.61 Å². The summed E-state index contributed by atoms with van der Waals surface area (Å²) in [6, 6.07) is 11.3. The minimum atomic E-state index is 0.283. The lowest BCUT2D eigenvalue weighted by Crippen LogP contribution is -2.29. The highest BCUT2D eigenvalue weighted by Crippen LogP contribution is 2.12. The van der Waals surface area contributed by atoms with Gasteiger partial charge in [0.2, 0.25) is 0 Å². The van der Waals surface area contributed by atoms with Crippen molar-refractivity contribution in [3.05, 3.63) is 35.9 Å². The van der Waals surface area contributed by atoms with E-state index in [0.717, 1.165) is 12.8 Å². The lowest BCUT2D eigenvalue weighted by atomic mass is 10.1. The summed E-state index contributed by atoms with van der Waals surface area (Å²) in [4.78, 5) is 0. The van der Waals surface area contributed by atoms with Crippen LogP contribution >= 0.6 is 0 Å². The number of rotatable bonds is 6. The number of hydrogen-bond acceptors (Lipinski definition) is 2. The molecule has 0 saturated heterocycles. The molecule has 1 aromatic rings. The van der Waals surface area contributed by atoms with Crippen LogP contribution in [0.3, 0.4) is 0 Å². The molecular formula is C13H21NO. The molecule has 84 valence electrons. The fourth-order valence-electron chi connectivity index (χ4n) is 1.75. The fourth-order valence-corrected chi connectivity index (χ4v) is 1.75. The molecule has 0 aliphatic carbocycles. The molecule has 0 saturated carbocycles. The van der Waals surface area contributed by atoms with Gasteiger partial charge < -0.3 is 10.4 Å². The Balaban J connectivity index is 2.38. The minimum absolute atomic E-state index is 0.283. The average molecular weight is 207 g/mol. The summed E-state index contributed by atoms with van der Waals surface area (Å²) >= 11 is 0. The van der Waals surface area contributed by atoms with Crippen LogP contribution in [-0.4, -0.2) is 17.8 Å². The van der Waals surface area contributed by atoms with Crippen LogP contribution in [0.25, 0.3) is 0 Å². The molecule has 2 heteroatoms. The van der Waals surface area contributed by atoms with Crippen molar-refractivity contribution >= 4 is 0 Å². The van der Waals surface area contributed by atoms with Crippen molar-refractivity contribution < 1.29 is 5.11 Å². The normalized spacial score (nSPS) is 14.9. The Morgan fingerprint density at radius 1 is 1.20 bits per heavy atom. The highest BCUT2D eigenvalue weighted by molar-refractivity contribution is 5.18. The maximum Gasteiger partial charge on any atom is 0.0431 e. The van der Waals surface area contributed by atoms with E-state index in [2.05, 4.69) is 43.4 Å². The van der Waals surface area contributed by atoms with E-state index in [0.29, 0.717) is 12.1 Å². The summed E-state index contributed by atoms with van der Waals surface area (Å²) in [6.45, 7) is 4.62. The van der Waals surface area contributed by atoms with Crippen LogP contribution < -0.4 is 5.32 Å². The van der Waals surface area contributed by atoms with Gasteiger partial charge in [0.25, 0.3) is 0 Å². The first-order valence-corrected chi connectivity index (χ1v) is 5.66. The average Bonchev–Trinajstić information content (AvgIpc) is 2.27. The van der Waals surface area contributed by atoms with Crippen molar-refractivity contribution in [2.24, 2.45) is 0 Å². The van der Waals surface area contributed by atoms with Gasteiger partial charge in [-0.15, -0.1) is 0 Å². The standard InChI is InChI=1S/C13H21NO/c1-11(7-6-10-15)14-12(2)13-8-4-3-5-9-13/h3-5,8-9,11-12,14-15H,6-7,10H2,1-2H3/t11-,12-/m0/s1. The Hall–Kier alpha value is -0.860. The molecule has 0 amide bonds. The predicted molar refractivity (Wildman–Crippen MR) is 63.8 cm³/mol. The maximum atomic E-state index is 8.74. The topological polar surface area (TPSA) is 32.3 Å². The molecule has 0 aliphatic rings. The zero-order chi connectivity index (χ0) is 11.1. The Bertz CT molecular complexity index is 260. The van der Waals surface area contributed by atoms with Gasteiger partial charge >= 0.3 is 0 Å². The van der Waals surface area contributed by atoms with Crippen LogP contribution in [-0.2, 0) is 0 Å². The van der Waals surface area contributed by atoms with Crippen molar-refractivity contribution in [3.8, 4) is 0 Å². The van der Waals surface area contributed by atoms with Gasteiger partial charge in [0, 0.05) is 18.7 Å². The van der Waals surface area contributed by atoms with E-state index >= 15 is 0 Å². The smallest absolute Gasteiger partial charge is 0.0431 e. The molecule has 0 heterocycles. The molecule has 0 unspecified atom stereocenters. The second-order valence-corrected chi connectivity index (χ2v) is 4.07. The third-order valence-corrected chi connectivity index (χ3v) is 2.63. The first kappa shape index (κ1) is 12.2. The van der Waals surface area contributed by atoms with Crippen molar-refractivity contribution in [2.45, 2.75) is 38.8 Å². The molecule has 2 N–H and O–H groups in total. The molecule has 0 radical (unpaired) electrons. The fraction of sp³-hybridized carbons (Fsp3) is 0.538. The predicted octanol–water partition coefficient (Wildman–Crippen LogP) is 2.50. The maximum absolute atomic E-state index is 8.74. The molecule has 15 heavy (non-hydrogen) atoms. The van der Waals surface area contributed by atoms with Crippen molar-refractivity contribution in [2.75, 3.05) is 6.61 Å². The zero-order valence-corrected chi connectivity index (χ0v) is 9.61. The number of benzene rings is 1. The molecule has 2 atom stereocenters. The first-order valence-electron chi connectivity index (χ1n) is 5.66. The largest absolute Gasteiger partial charge is 0.396 e. The van der Waals surface area contributed by atoms with Gasteiger partial charge in [-0.1, -0.05) is 30.3 Å². The molecule has 1 rings (SSSR count). The van der Waals surface area contributed by atoms with Gasteiger partial charge in [0.1, 0.15) is 0 Å². The molecule has 0 bridgehead atoms. The van der Waals surface area contributed by atoms with Crippen LogP contribution in [0.5, 0.6) is 0 Å². The molecule has 2 nitrogen and oxygen atoms in total. The van der Waals surface area contributed by atoms with Crippen LogP contribution in [0.15, 0.2) is 30.3 Å². The number of nitrogens with one attached hydrogen (secondary N) is 1. The van der Waals surface area contributed by atoms with Gasteiger partial charge in [0.05, 0.1) is 0 Å². The van der Waals surface area contributed by atoms with E-state index in [4.69, 9.17) is 5.11 Å². The van der Waals surface area contributed by atoms with E-state index in [1.165, 1.54) is 5.56 Å². The van der Waals surface area contributed by atoms with Crippen molar-refractivity contribution in [3.63, 3.8) is 0 Å². The SMILES string of the molecule is C[C@H](N[C@@H](C)CCCO)c1ccccc1. The molecule has 0 aliphatic heterocycles. The van der Waals surface area contributed by atoms with E-state index in [1.54, 1.807) is 0 Å². The Morgan fingerprint density at radius 2 is 1.87 bits per heavy atom. The summed E-state index contributed by atoms with van der Waals surface area (Å²) in [5.74, 6) is 0.